The minimum Gasteiger partial charge on any atom is -0.468 e. The lowest BCUT2D eigenvalue weighted by molar-refractivity contribution is 0.351. The number of rotatable bonds is 1. The summed E-state index contributed by atoms with van der Waals surface area (Å²) < 4.78 is 18.1. The summed E-state index contributed by atoms with van der Waals surface area (Å²) >= 11 is 0. The van der Waals surface area contributed by atoms with Crippen LogP contribution in [0.25, 0.3) is 0 Å². The van der Waals surface area contributed by atoms with E-state index in [0.29, 0.717) is 0 Å². The molecule has 0 aliphatic heterocycles. The number of halogens is 1. The van der Waals surface area contributed by atoms with Gasteiger partial charge in [0.2, 0.25) is 5.82 Å². The molecule has 1 aromatic rings. The molecule has 0 radical (unpaired) electrons. The molecule has 60 valence electrons. The van der Waals surface area contributed by atoms with E-state index < -0.39 is 11.4 Å². The number of nitrogens with zero attached hydrogens (tertiary/aromatic N) is 2. The Labute approximate surface area is 62.3 Å². The van der Waals surface area contributed by atoms with Gasteiger partial charge in [-0.15, -0.1) is 0 Å². The van der Waals surface area contributed by atoms with E-state index in [2.05, 4.69) is 9.72 Å². The molecular formula is C6H7FN2O2. The first-order chi connectivity index (χ1) is 5.16. The lowest BCUT2D eigenvalue weighted by atomic mass is 10.6. The maximum Gasteiger partial charge on any atom is 0.298 e. The highest BCUT2D eigenvalue weighted by Crippen LogP contribution is 1.98. The minimum absolute atomic E-state index is 0.0939. The standard InChI is InChI=1S/C6H7FN2O2/c1-9-5(10)4(7)3-8-6(9)11-2/h3H,1-2H3. The zero-order valence-electron chi connectivity index (χ0n) is 6.17. The molecule has 1 aromatic heterocycles. The Morgan fingerprint density at radius 3 is 2.91 bits per heavy atom. The van der Waals surface area contributed by atoms with Crippen LogP contribution in [0.15, 0.2) is 11.0 Å². The highest BCUT2D eigenvalue weighted by Gasteiger charge is 2.04. The molecule has 0 aromatic carbocycles. The quantitative estimate of drug-likeness (QED) is 0.574. The third-order valence-electron chi connectivity index (χ3n) is 1.27. The van der Waals surface area contributed by atoms with E-state index in [4.69, 9.17) is 0 Å². The minimum atomic E-state index is -0.881. The van der Waals surface area contributed by atoms with Gasteiger partial charge in [0.1, 0.15) is 0 Å². The molecular weight excluding hydrogens is 151 g/mol. The van der Waals surface area contributed by atoms with Crippen molar-refractivity contribution >= 4 is 0 Å². The molecule has 0 unspecified atom stereocenters. The Kier molecular flexibility index (Phi) is 1.89. The predicted molar refractivity (Wildman–Crippen MR) is 36.0 cm³/mol. The van der Waals surface area contributed by atoms with Crippen LogP contribution in [-0.2, 0) is 7.05 Å². The van der Waals surface area contributed by atoms with Gasteiger partial charge in [-0.1, -0.05) is 0 Å². The van der Waals surface area contributed by atoms with Crippen LogP contribution in [-0.4, -0.2) is 16.7 Å². The fourth-order valence-corrected chi connectivity index (χ4v) is 0.690. The van der Waals surface area contributed by atoms with Crippen molar-refractivity contribution in [3.05, 3.63) is 22.4 Å². The third-order valence-corrected chi connectivity index (χ3v) is 1.27. The monoisotopic (exact) mass is 158 g/mol. The topological polar surface area (TPSA) is 44.1 Å². The zero-order valence-corrected chi connectivity index (χ0v) is 6.17. The number of ether oxygens (including phenoxy) is 1. The Balaban J connectivity index is 3.37. The van der Waals surface area contributed by atoms with E-state index in [1.165, 1.54) is 14.2 Å². The molecule has 1 rings (SSSR count). The van der Waals surface area contributed by atoms with Crippen LogP contribution < -0.4 is 10.3 Å². The van der Waals surface area contributed by atoms with Crippen molar-refractivity contribution < 1.29 is 9.13 Å². The molecule has 0 atom stereocenters. The SMILES string of the molecule is COc1ncc(F)c(=O)n1C. The Morgan fingerprint density at radius 2 is 2.36 bits per heavy atom. The van der Waals surface area contributed by atoms with Crippen LogP contribution in [0.4, 0.5) is 4.39 Å². The Morgan fingerprint density at radius 1 is 1.73 bits per heavy atom. The lowest BCUT2D eigenvalue weighted by Crippen LogP contribution is -2.22. The molecule has 0 spiro atoms. The van der Waals surface area contributed by atoms with Crippen molar-refractivity contribution in [3.63, 3.8) is 0 Å². The fraction of sp³-hybridized carbons (Fsp3) is 0.333. The van der Waals surface area contributed by atoms with E-state index in [1.807, 2.05) is 0 Å². The van der Waals surface area contributed by atoms with Gasteiger partial charge in [0, 0.05) is 7.05 Å². The molecule has 0 saturated heterocycles. The maximum absolute atomic E-state index is 12.4. The molecule has 4 nitrogen and oxygen atoms in total. The second kappa shape index (κ2) is 2.69. The van der Waals surface area contributed by atoms with Crippen molar-refractivity contribution in [1.82, 2.24) is 9.55 Å². The normalized spacial score (nSPS) is 9.73. The van der Waals surface area contributed by atoms with Crippen LogP contribution in [0.5, 0.6) is 6.01 Å². The highest BCUT2D eigenvalue weighted by molar-refractivity contribution is 4.99. The van der Waals surface area contributed by atoms with Crippen molar-refractivity contribution in [2.45, 2.75) is 0 Å². The Bertz CT molecular complexity index is 321. The van der Waals surface area contributed by atoms with Gasteiger partial charge in [0.15, 0.2) is 0 Å². The van der Waals surface area contributed by atoms with Crippen LogP contribution in [0.2, 0.25) is 0 Å². The van der Waals surface area contributed by atoms with Gasteiger partial charge in [-0.3, -0.25) is 9.36 Å². The van der Waals surface area contributed by atoms with Gasteiger partial charge in [0.05, 0.1) is 13.3 Å². The maximum atomic E-state index is 12.4. The molecule has 5 heteroatoms. The number of aromatic nitrogens is 2. The molecule has 0 amide bonds. The van der Waals surface area contributed by atoms with Crippen molar-refractivity contribution in [2.24, 2.45) is 7.05 Å². The Hall–Kier alpha value is -1.39. The van der Waals surface area contributed by atoms with Gasteiger partial charge in [-0.2, -0.15) is 4.39 Å². The second-order valence-corrected chi connectivity index (χ2v) is 1.96. The fourth-order valence-electron chi connectivity index (χ4n) is 0.690. The number of methoxy groups -OCH3 is 1. The summed E-state index contributed by atoms with van der Waals surface area (Å²) in [5, 5.41) is 0. The highest BCUT2D eigenvalue weighted by atomic mass is 19.1. The van der Waals surface area contributed by atoms with Gasteiger partial charge >= 0.3 is 0 Å². The average molecular weight is 158 g/mol. The summed E-state index contributed by atoms with van der Waals surface area (Å²) in [4.78, 5) is 14.3. The van der Waals surface area contributed by atoms with Crippen molar-refractivity contribution in [3.8, 4) is 6.01 Å². The van der Waals surface area contributed by atoms with E-state index in [1.54, 1.807) is 0 Å². The first kappa shape index (κ1) is 7.71. The predicted octanol–water partition coefficient (Wildman–Crippen LogP) is -0.0720. The third kappa shape index (κ3) is 1.21. The van der Waals surface area contributed by atoms with E-state index in [9.17, 15) is 9.18 Å². The lowest BCUT2D eigenvalue weighted by Gasteiger charge is -2.02. The number of hydrogen-bond donors (Lipinski definition) is 0. The first-order valence-electron chi connectivity index (χ1n) is 2.92. The van der Waals surface area contributed by atoms with E-state index in [0.717, 1.165) is 10.8 Å². The molecule has 0 saturated carbocycles. The first-order valence-corrected chi connectivity index (χ1v) is 2.92. The second-order valence-electron chi connectivity index (χ2n) is 1.96. The summed E-state index contributed by atoms with van der Waals surface area (Å²) in [5.74, 6) is -0.881. The van der Waals surface area contributed by atoms with E-state index >= 15 is 0 Å². The zero-order chi connectivity index (χ0) is 8.43. The molecule has 0 bridgehead atoms. The summed E-state index contributed by atoms with van der Waals surface area (Å²) in [6.45, 7) is 0. The molecule has 11 heavy (non-hydrogen) atoms. The van der Waals surface area contributed by atoms with Crippen LogP contribution in [0.1, 0.15) is 0 Å². The van der Waals surface area contributed by atoms with Crippen LogP contribution >= 0.6 is 0 Å². The molecule has 0 fully saturated rings. The van der Waals surface area contributed by atoms with Crippen molar-refractivity contribution in [1.29, 1.82) is 0 Å². The van der Waals surface area contributed by atoms with Crippen LogP contribution in [0.3, 0.4) is 0 Å². The number of hydrogen-bond acceptors (Lipinski definition) is 3. The summed E-state index contributed by atoms with van der Waals surface area (Å²) in [7, 11) is 2.75. The summed E-state index contributed by atoms with van der Waals surface area (Å²) in [6, 6.07) is 0.0939. The van der Waals surface area contributed by atoms with Gasteiger partial charge in [-0.25, -0.2) is 4.98 Å². The molecule has 0 aliphatic rings. The van der Waals surface area contributed by atoms with Gasteiger partial charge < -0.3 is 4.74 Å². The van der Waals surface area contributed by atoms with Crippen molar-refractivity contribution in [2.75, 3.05) is 7.11 Å². The molecule has 0 aliphatic carbocycles. The van der Waals surface area contributed by atoms with Gasteiger partial charge in [-0.05, 0) is 0 Å². The average Bonchev–Trinajstić information content (AvgIpc) is 2.01. The van der Waals surface area contributed by atoms with E-state index in [-0.39, 0.29) is 6.01 Å². The smallest absolute Gasteiger partial charge is 0.298 e. The largest absolute Gasteiger partial charge is 0.468 e. The summed E-state index contributed by atoms with van der Waals surface area (Å²) in [6.07, 6.45) is 0.834. The van der Waals surface area contributed by atoms with Crippen LogP contribution in [0, 0.1) is 5.82 Å². The molecule has 0 N–H and O–H groups in total. The molecule has 1 heterocycles. The summed E-state index contributed by atoms with van der Waals surface area (Å²) in [5.41, 5.74) is -0.739. The van der Waals surface area contributed by atoms with Gasteiger partial charge in [0.25, 0.3) is 11.6 Å².